The highest BCUT2D eigenvalue weighted by atomic mass is 16.5. The summed E-state index contributed by atoms with van der Waals surface area (Å²) >= 11 is 0. The van der Waals surface area contributed by atoms with Gasteiger partial charge in [-0.05, 0) is 30.9 Å². The van der Waals surface area contributed by atoms with Crippen LogP contribution in [0, 0.1) is 11.3 Å². The number of nitrogens with two attached hydrogens (primary N) is 1. The van der Waals surface area contributed by atoms with E-state index in [1.807, 2.05) is 13.0 Å². The number of hydrogen-bond acceptors (Lipinski definition) is 5. The predicted octanol–water partition coefficient (Wildman–Crippen LogP) is 2.51. The molecule has 0 atom stereocenters. The molecule has 2 aromatic rings. The summed E-state index contributed by atoms with van der Waals surface area (Å²) in [5.41, 5.74) is 9.35. The first-order valence-electron chi connectivity index (χ1n) is 7.38. The third-order valence-electron chi connectivity index (χ3n) is 3.81. The van der Waals surface area contributed by atoms with Gasteiger partial charge in [0.1, 0.15) is 17.5 Å². The van der Waals surface area contributed by atoms with Gasteiger partial charge in [0.15, 0.2) is 0 Å². The molecule has 0 bridgehead atoms. The standard InChI is InChI=1S/C17H18N4O/c1-2-22-17-14(10-18)15(19)9-16(21-17)20-13-7-11-5-3-4-6-12(11)8-13/h3-6,9,13H,2,7-8H2,1H3,(H3,19,20,21). The number of nitrogens with zero attached hydrogens (tertiary/aromatic N) is 2. The fourth-order valence-electron chi connectivity index (χ4n) is 2.84. The first-order valence-corrected chi connectivity index (χ1v) is 7.38. The molecular formula is C17H18N4O. The molecule has 5 heteroatoms. The average molecular weight is 294 g/mol. The van der Waals surface area contributed by atoms with Crippen molar-refractivity contribution >= 4 is 11.5 Å². The van der Waals surface area contributed by atoms with Crippen LogP contribution in [0.4, 0.5) is 11.5 Å². The van der Waals surface area contributed by atoms with Gasteiger partial charge in [-0.25, -0.2) is 0 Å². The Labute approximate surface area is 129 Å². The highest BCUT2D eigenvalue weighted by molar-refractivity contribution is 5.64. The van der Waals surface area contributed by atoms with Gasteiger partial charge in [-0.2, -0.15) is 10.2 Å². The second-order valence-corrected chi connectivity index (χ2v) is 5.34. The van der Waals surface area contributed by atoms with Gasteiger partial charge in [0, 0.05) is 12.1 Å². The molecule has 1 heterocycles. The van der Waals surface area contributed by atoms with Crippen molar-refractivity contribution in [3.8, 4) is 11.9 Å². The number of rotatable bonds is 4. The summed E-state index contributed by atoms with van der Waals surface area (Å²) in [6.45, 7) is 2.30. The molecule has 3 rings (SSSR count). The topological polar surface area (TPSA) is 84.0 Å². The Morgan fingerprint density at radius 3 is 2.64 bits per heavy atom. The van der Waals surface area contributed by atoms with E-state index in [1.54, 1.807) is 6.07 Å². The second-order valence-electron chi connectivity index (χ2n) is 5.34. The van der Waals surface area contributed by atoms with Crippen molar-refractivity contribution in [2.75, 3.05) is 17.7 Å². The van der Waals surface area contributed by atoms with E-state index in [2.05, 4.69) is 34.6 Å². The summed E-state index contributed by atoms with van der Waals surface area (Å²) in [5, 5.41) is 12.5. The number of nitrogen functional groups attached to an aromatic ring is 1. The summed E-state index contributed by atoms with van der Waals surface area (Å²) in [6, 6.07) is 12.5. The van der Waals surface area contributed by atoms with Gasteiger partial charge in [-0.3, -0.25) is 0 Å². The minimum Gasteiger partial charge on any atom is -0.477 e. The van der Waals surface area contributed by atoms with Crippen molar-refractivity contribution in [1.29, 1.82) is 5.26 Å². The number of ether oxygens (including phenoxy) is 1. The van der Waals surface area contributed by atoms with E-state index in [4.69, 9.17) is 15.7 Å². The van der Waals surface area contributed by atoms with Crippen molar-refractivity contribution in [2.45, 2.75) is 25.8 Å². The fraction of sp³-hybridized carbons (Fsp3) is 0.294. The molecule has 0 saturated carbocycles. The van der Waals surface area contributed by atoms with E-state index in [-0.39, 0.29) is 6.04 Å². The van der Waals surface area contributed by atoms with E-state index in [0.717, 1.165) is 12.8 Å². The lowest BCUT2D eigenvalue weighted by Crippen LogP contribution is -2.20. The van der Waals surface area contributed by atoms with Crippen LogP contribution in [-0.2, 0) is 12.8 Å². The zero-order valence-electron chi connectivity index (χ0n) is 12.5. The molecule has 0 saturated heterocycles. The normalized spacial score (nSPS) is 13.5. The number of nitrogens with one attached hydrogen (secondary N) is 1. The fourth-order valence-corrected chi connectivity index (χ4v) is 2.84. The third-order valence-corrected chi connectivity index (χ3v) is 3.81. The summed E-state index contributed by atoms with van der Waals surface area (Å²) in [4.78, 5) is 4.38. The van der Waals surface area contributed by atoms with Gasteiger partial charge >= 0.3 is 0 Å². The van der Waals surface area contributed by atoms with Gasteiger partial charge < -0.3 is 15.8 Å². The Morgan fingerprint density at radius 2 is 2.05 bits per heavy atom. The zero-order valence-corrected chi connectivity index (χ0v) is 12.5. The molecule has 1 aliphatic rings. The number of benzene rings is 1. The predicted molar refractivity (Wildman–Crippen MR) is 85.8 cm³/mol. The Hall–Kier alpha value is -2.74. The Morgan fingerprint density at radius 1 is 1.36 bits per heavy atom. The number of hydrogen-bond donors (Lipinski definition) is 2. The van der Waals surface area contributed by atoms with Crippen molar-refractivity contribution in [3.05, 3.63) is 47.0 Å². The maximum atomic E-state index is 9.15. The highest BCUT2D eigenvalue weighted by Gasteiger charge is 2.22. The van der Waals surface area contributed by atoms with Crippen molar-refractivity contribution in [3.63, 3.8) is 0 Å². The van der Waals surface area contributed by atoms with Crippen LogP contribution in [0.1, 0.15) is 23.6 Å². The Bertz CT molecular complexity index is 711. The van der Waals surface area contributed by atoms with Crippen molar-refractivity contribution in [2.24, 2.45) is 0 Å². The maximum absolute atomic E-state index is 9.15. The molecule has 3 N–H and O–H groups in total. The van der Waals surface area contributed by atoms with E-state index < -0.39 is 0 Å². The van der Waals surface area contributed by atoms with Crippen LogP contribution >= 0.6 is 0 Å². The molecular weight excluding hydrogens is 276 g/mol. The minimum atomic E-state index is 0.284. The van der Waals surface area contributed by atoms with Gasteiger partial charge in [-0.1, -0.05) is 24.3 Å². The van der Waals surface area contributed by atoms with Crippen LogP contribution in [-0.4, -0.2) is 17.6 Å². The highest BCUT2D eigenvalue weighted by Crippen LogP contribution is 2.28. The maximum Gasteiger partial charge on any atom is 0.235 e. The molecule has 0 spiro atoms. The minimum absolute atomic E-state index is 0.284. The van der Waals surface area contributed by atoms with Crippen LogP contribution in [0.15, 0.2) is 30.3 Å². The van der Waals surface area contributed by atoms with Gasteiger partial charge in [0.05, 0.1) is 12.3 Å². The number of fused-ring (bicyclic) bond motifs is 1. The third kappa shape index (κ3) is 2.68. The number of pyridine rings is 1. The summed E-state index contributed by atoms with van der Waals surface area (Å²) in [6.07, 6.45) is 1.92. The summed E-state index contributed by atoms with van der Waals surface area (Å²) in [5.74, 6) is 0.945. The summed E-state index contributed by atoms with van der Waals surface area (Å²) < 4.78 is 5.42. The molecule has 0 unspecified atom stereocenters. The van der Waals surface area contributed by atoms with Crippen molar-refractivity contribution < 1.29 is 4.74 Å². The monoisotopic (exact) mass is 294 g/mol. The molecule has 0 fully saturated rings. The molecule has 112 valence electrons. The molecule has 0 aliphatic heterocycles. The molecule has 5 nitrogen and oxygen atoms in total. The second kappa shape index (κ2) is 5.94. The van der Waals surface area contributed by atoms with E-state index in [0.29, 0.717) is 29.6 Å². The molecule has 0 amide bonds. The lowest BCUT2D eigenvalue weighted by Gasteiger charge is -2.15. The zero-order chi connectivity index (χ0) is 15.5. The van der Waals surface area contributed by atoms with Crippen LogP contribution in [0.2, 0.25) is 0 Å². The van der Waals surface area contributed by atoms with Crippen molar-refractivity contribution in [1.82, 2.24) is 4.98 Å². The smallest absolute Gasteiger partial charge is 0.235 e. The Balaban J connectivity index is 1.81. The largest absolute Gasteiger partial charge is 0.477 e. The van der Waals surface area contributed by atoms with Crippen LogP contribution in [0.5, 0.6) is 5.88 Å². The quantitative estimate of drug-likeness (QED) is 0.905. The average Bonchev–Trinajstić information content (AvgIpc) is 2.89. The first kappa shape index (κ1) is 14.2. The van der Waals surface area contributed by atoms with E-state index >= 15 is 0 Å². The summed E-state index contributed by atoms with van der Waals surface area (Å²) in [7, 11) is 0. The molecule has 1 aromatic carbocycles. The van der Waals surface area contributed by atoms with E-state index in [1.165, 1.54) is 11.1 Å². The SMILES string of the molecule is CCOc1nc(NC2Cc3ccccc3C2)cc(N)c1C#N. The van der Waals surface area contributed by atoms with Crippen LogP contribution < -0.4 is 15.8 Å². The molecule has 1 aliphatic carbocycles. The van der Waals surface area contributed by atoms with Gasteiger partial charge in [-0.15, -0.1) is 0 Å². The lowest BCUT2D eigenvalue weighted by atomic mass is 10.1. The first-order chi connectivity index (χ1) is 10.7. The number of nitriles is 1. The molecule has 22 heavy (non-hydrogen) atoms. The van der Waals surface area contributed by atoms with E-state index in [9.17, 15) is 0 Å². The van der Waals surface area contributed by atoms with Gasteiger partial charge in [0.2, 0.25) is 5.88 Å². The molecule has 1 aromatic heterocycles. The van der Waals surface area contributed by atoms with Crippen LogP contribution in [0.3, 0.4) is 0 Å². The lowest BCUT2D eigenvalue weighted by molar-refractivity contribution is 0.326. The van der Waals surface area contributed by atoms with Gasteiger partial charge in [0.25, 0.3) is 0 Å². The number of anilines is 2. The Kier molecular flexibility index (Phi) is 3.84. The number of aromatic nitrogens is 1. The molecule has 0 radical (unpaired) electrons. The van der Waals surface area contributed by atoms with Crippen LogP contribution in [0.25, 0.3) is 0 Å².